The summed E-state index contributed by atoms with van der Waals surface area (Å²) >= 11 is 3.18. The lowest BCUT2D eigenvalue weighted by molar-refractivity contribution is -0.139. The normalized spacial score (nSPS) is 12.3. The van der Waals surface area contributed by atoms with Crippen molar-refractivity contribution in [3.05, 3.63) is 22.2 Å². The van der Waals surface area contributed by atoms with Gasteiger partial charge in [0.1, 0.15) is 6.04 Å². The van der Waals surface area contributed by atoms with E-state index < -0.39 is 18.6 Å². The van der Waals surface area contributed by atoms with Gasteiger partial charge in [0.2, 0.25) is 0 Å². The van der Waals surface area contributed by atoms with Crippen molar-refractivity contribution >= 4 is 21.9 Å². The molecule has 8 heteroatoms. The van der Waals surface area contributed by atoms with Crippen LogP contribution in [0.1, 0.15) is 32.3 Å². The van der Waals surface area contributed by atoms with Gasteiger partial charge in [0.05, 0.1) is 11.1 Å². The van der Waals surface area contributed by atoms with E-state index in [9.17, 15) is 13.6 Å². The van der Waals surface area contributed by atoms with Gasteiger partial charge in [-0.15, -0.1) is 0 Å². The molecule has 23 heavy (non-hydrogen) atoms. The molecule has 0 saturated carbocycles. The van der Waals surface area contributed by atoms with E-state index in [1.54, 1.807) is 19.1 Å². The Labute approximate surface area is 142 Å². The molecule has 1 atom stereocenters. The fraction of sp³-hybridized carbons (Fsp3) is 0.533. The summed E-state index contributed by atoms with van der Waals surface area (Å²) in [6.07, 6.45) is 1.24. The minimum absolute atomic E-state index is 0.0751. The Balaban J connectivity index is 2.93. The fourth-order valence-corrected chi connectivity index (χ4v) is 2.62. The lowest BCUT2D eigenvalue weighted by Gasteiger charge is -2.17. The SMILES string of the molecule is CCCC(NCc1cc(Br)c(OC(F)F)c(OCC)c1)C(=O)O. The number of aliphatic carboxylic acids is 1. The van der Waals surface area contributed by atoms with Crippen LogP contribution in [-0.4, -0.2) is 30.3 Å². The number of rotatable bonds is 10. The first-order valence-corrected chi connectivity index (χ1v) is 8.04. The van der Waals surface area contributed by atoms with Crippen LogP contribution in [0.2, 0.25) is 0 Å². The van der Waals surface area contributed by atoms with Crippen LogP contribution < -0.4 is 14.8 Å². The van der Waals surface area contributed by atoms with Crippen LogP contribution in [0, 0.1) is 0 Å². The number of hydrogen-bond donors (Lipinski definition) is 2. The standard InChI is InChI=1S/C15H20BrF2NO4/c1-3-5-11(14(20)21)19-8-9-6-10(16)13(23-15(17)18)12(7-9)22-4-2/h6-7,11,15,19H,3-5,8H2,1-2H3,(H,20,21). The average molecular weight is 396 g/mol. The fourth-order valence-electron chi connectivity index (χ4n) is 2.03. The van der Waals surface area contributed by atoms with Gasteiger partial charge in [-0.2, -0.15) is 8.78 Å². The van der Waals surface area contributed by atoms with Crippen LogP contribution in [0.15, 0.2) is 16.6 Å². The molecule has 0 heterocycles. The van der Waals surface area contributed by atoms with E-state index in [-0.39, 0.29) is 24.7 Å². The van der Waals surface area contributed by atoms with Crippen molar-refractivity contribution in [1.82, 2.24) is 5.32 Å². The van der Waals surface area contributed by atoms with Crippen molar-refractivity contribution in [3.63, 3.8) is 0 Å². The Morgan fingerprint density at radius 1 is 1.39 bits per heavy atom. The molecule has 0 aliphatic rings. The maximum absolute atomic E-state index is 12.5. The average Bonchev–Trinajstić information content (AvgIpc) is 2.46. The van der Waals surface area contributed by atoms with Crippen LogP contribution in [0.5, 0.6) is 11.5 Å². The number of carboxylic acids is 1. The van der Waals surface area contributed by atoms with Crippen LogP contribution >= 0.6 is 15.9 Å². The third kappa shape index (κ3) is 6.31. The number of nitrogens with one attached hydrogen (secondary N) is 1. The van der Waals surface area contributed by atoms with Gasteiger partial charge < -0.3 is 19.9 Å². The van der Waals surface area contributed by atoms with Crippen molar-refractivity contribution in [2.24, 2.45) is 0 Å². The third-order valence-corrected chi connectivity index (χ3v) is 3.59. The van der Waals surface area contributed by atoms with Crippen LogP contribution in [0.4, 0.5) is 8.78 Å². The Kier molecular flexibility index (Phi) is 8.25. The molecule has 2 N–H and O–H groups in total. The zero-order chi connectivity index (χ0) is 17.4. The quantitative estimate of drug-likeness (QED) is 0.630. The molecule has 1 unspecified atom stereocenters. The molecule has 0 saturated heterocycles. The maximum atomic E-state index is 12.5. The minimum Gasteiger partial charge on any atom is -0.490 e. The monoisotopic (exact) mass is 395 g/mol. The highest BCUT2D eigenvalue weighted by Gasteiger charge is 2.18. The smallest absolute Gasteiger partial charge is 0.387 e. The maximum Gasteiger partial charge on any atom is 0.387 e. The van der Waals surface area contributed by atoms with E-state index in [1.165, 1.54) is 0 Å². The molecule has 0 amide bonds. The predicted molar refractivity (Wildman–Crippen MR) is 85.1 cm³/mol. The number of hydrogen-bond acceptors (Lipinski definition) is 4. The molecule has 1 rings (SSSR count). The summed E-state index contributed by atoms with van der Waals surface area (Å²) in [7, 11) is 0. The number of carboxylic acid groups (broad SMARTS) is 1. The molecule has 1 aromatic rings. The summed E-state index contributed by atoms with van der Waals surface area (Å²) in [5.41, 5.74) is 0.698. The van der Waals surface area contributed by atoms with E-state index in [0.717, 1.165) is 6.42 Å². The first-order valence-electron chi connectivity index (χ1n) is 7.25. The van der Waals surface area contributed by atoms with Gasteiger partial charge in [0.15, 0.2) is 11.5 Å². The molecule has 0 fully saturated rings. The highest BCUT2D eigenvalue weighted by molar-refractivity contribution is 9.10. The molecule has 0 aromatic heterocycles. The second-order valence-corrected chi connectivity index (χ2v) is 5.63. The van der Waals surface area contributed by atoms with Gasteiger partial charge in [-0.1, -0.05) is 13.3 Å². The second kappa shape index (κ2) is 9.67. The zero-order valence-electron chi connectivity index (χ0n) is 12.9. The van der Waals surface area contributed by atoms with Gasteiger partial charge in [0.25, 0.3) is 0 Å². The summed E-state index contributed by atoms with van der Waals surface area (Å²) in [6.45, 7) is 1.22. The molecule has 5 nitrogen and oxygen atoms in total. The molecule has 0 bridgehead atoms. The number of halogens is 3. The molecule has 1 aromatic carbocycles. The number of carbonyl (C=O) groups is 1. The molecule has 0 radical (unpaired) electrons. The Morgan fingerprint density at radius 3 is 2.61 bits per heavy atom. The lowest BCUT2D eigenvalue weighted by atomic mass is 10.1. The summed E-state index contributed by atoms with van der Waals surface area (Å²) in [6, 6.07) is 2.49. The van der Waals surface area contributed by atoms with Gasteiger partial charge in [-0.05, 0) is 47.0 Å². The summed E-state index contributed by atoms with van der Waals surface area (Å²) in [5, 5.41) is 12.0. The summed E-state index contributed by atoms with van der Waals surface area (Å²) in [5.74, 6) is -0.816. The van der Waals surface area contributed by atoms with E-state index in [2.05, 4.69) is 26.0 Å². The zero-order valence-corrected chi connectivity index (χ0v) is 14.5. The van der Waals surface area contributed by atoms with Crippen molar-refractivity contribution in [3.8, 4) is 11.5 Å². The molecule has 0 aliphatic heterocycles. The number of alkyl halides is 2. The Bertz CT molecular complexity index is 528. The number of ether oxygens (including phenoxy) is 2. The van der Waals surface area contributed by atoms with E-state index in [1.807, 2.05) is 6.92 Å². The molecular formula is C15H20BrF2NO4. The highest BCUT2D eigenvalue weighted by atomic mass is 79.9. The van der Waals surface area contributed by atoms with Crippen molar-refractivity contribution in [1.29, 1.82) is 0 Å². The predicted octanol–water partition coefficient (Wildman–Crippen LogP) is 3.79. The van der Waals surface area contributed by atoms with E-state index in [0.29, 0.717) is 16.5 Å². The van der Waals surface area contributed by atoms with E-state index >= 15 is 0 Å². The molecule has 0 aliphatic carbocycles. The first kappa shape index (κ1) is 19.6. The van der Waals surface area contributed by atoms with Gasteiger partial charge >= 0.3 is 12.6 Å². The van der Waals surface area contributed by atoms with Gasteiger partial charge in [-0.3, -0.25) is 4.79 Å². The summed E-state index contributed by atoms with van der Waals surface area (Å²) < 4.78 is 35.1. The Hall–Kier alpha value is -1.41. The molecule has 0 spiro atoms. The molecular weight excluding hydrogens is 376 g/mol. The summed E-state index contributed by atoms with van der Waals surface area (Å²) in [4.78, 5) is 11.1. The first-order chi connectivity index (χ1) is 10.9. The van der Waals surface area contributed by atoms with E-state index in [4.69, 9.17) is 9.84 Å². The second-order valence-electron chi connectivity index (χ2n) is 4.78. The van der Waals surface area contributed by atoms with Crippen molar-refractivity contribution in [2.75, 3.05) is 6.61 Å². The lowest BCUT2D eigenvalue weighted by Crippen LogP contribution is -2.36. The van der Waals surface area contributed by atoms with Gasteiger partial charge in [-0.25, -0.2) is 0 Å². The highest BCUT2D eigenvalue weighted by Crippen LogP contribution is 2.38. The minimum atomic E-state index is -2.96. The molecule has 130 valence electrons. The van der Waals surface area contributed by atoms with Gasteiger partial charge in [0, 0.05) is 6.54 Å². The number of benzene rings is 1. The van der Waals surface area contributed by atoms with Crippen molar-refractivity contribution < 1.29 is 28.2 Å². The van der Waals surface area contributed by atoms with Crippen molar-refractivity contribution in [2.45, 2.75) is 45.9 Å². The van der Waals surface area contributed by atoms with Crippen LogP contribution in [0.3, 0.4) is 0 Å². The third-order valence-electron chi connectivity index (χ3n) is 3.00. The van der Waals surface area contributed by atoms with Crippen LogP contribution in [-0.2, 0) is 11.3 Å². The largest absolute Gasteiger partial charge is 0.490 e. The topological polar surface area (TPSA) is 67.8 Å². The van der Waals surface area contributed by atoms with Crippen LogP contribution in [0.25, 0.3) is 0 Å². The Morgan fingerprint density at radius 2 is 2.09 bits per heavy atom.